The Labute approximate surface area is 138 Å². The summed E-state index contributed by atoms with van der Waals surface area (Å²) in [5.74, 6) is 0.839. The van der Waals surface area contributed by atoms with E-state index >= 15 is 0 Å². The zero-order valence-electron chi connectivity index (χ0n) is 12.9. The van der Waals surface area contributed by atoms with Gasteiger partial charge in [0, 0.05) is 39.3 Å². The summed E-state index contributed by atoms with van der Waals surface area (Å²) in [6.07, 6.45) is 1.78. The Morgan fingerprint density at radius 1 is 1.13 bits per heavy atom. The van der Waals surface area contributed by atoms with Gasteiger partial charge in [0.15, 0.2) is 0 Å². The number of piperazine rings is 1. The van der Waals surface area contributed by atoms with Gasteiger partial charge in [-0.15, -0.1) is 11.3 Å². The standard InChI is InChI=1S/C16H18N4O2S/c1-12(21)18-15-6-5-13(23-15)16(22)20-10-8-19(9-11-20)14-4-2-3-7-17-14/h2-7H,8-11H2,1H3,(H,18,21). The first-order chi connectivity index (χ1) is 11.1. The Balaban J connectivity index is 1.60. The number of hydrogen-bond donors (Lipinski definition) is 1. The molecule has 2 amide bonds. The summed E-state index contributed by atoms with van der Waals surface area (Å²) in [6.45, 7) is 4.34. The number of carbonyl (C=O) groups is 2. The zero-order valence-corrected chi connectivity index (χ0v) is 13.7. The van der Waals surface area contributed by atoms with E-state index in [2.05, 4.69) is 15.2 Å². The van der Waals surface area contributed by atoms with Crippen LogP contribution in [0.4, 0.5) is 10.8 Å². The fraction of sp³-hybridized carbons (Fsp3) is 0.312. The fourth-order valence-corrected chi connectivity index (χ4v) is 3.45. The highest BCUT2D eigenvalue weighted by atomic mass is 32.1. The molecule has 120 valence electrons. The Morgan fingerprint density at radius 3 is 2.57 bits per heavy atom. The highest BCUT2D eigenvalue weighted by Crippen LogP contribution is 2.24. The number of pyridine rings is 1. The van der Waals surface area contributed by atoms with Crippen molar-refractivity contribution in [2.24, 2.45) is 0 Å². The van der Waals surface area contributed by atoms with E-state index in [9.17, 15) is 9.59 Å². The quantitative estimate of drug-likeness (QED) is 0.935. The highest BCUT2D eigenvalue weighted by Gasteiger charge is 2.23. The Bertz CT molecular complexity index is 693. The van der Waals surface area contributed by atoms with Crippen molar-refractivity contribution >= 4 is 34.0 Å². The second kappa shape index (κ2) is 6.78. The number of thiophene rings is 1. The third-order valence-corrected chi connectivity index (χ3v) is 4.64. The van der Waals surface area contributed by atoms with Crippen LogP contribution in [-0.2, 0) is 4.79 Å². The average molecular weight is 330 g/mol. The fourth-order valence-electron chi connectivity index (χ4n) is 2.53. The largest absolute Gasteiger partial charge is 0.353 e. The first-order valence-corrected chi connectivity index (χ1v) is 8.28. The van der Waals surface area contributed by atoms with Crippen LogP contribution in [0.25, 0.3) is 0 Å². The van der Waals surface area contributed by atoms with Crippen LogP contribution in [0.1, 0.15) is 16.6 Å². The maximum atomic E-state index is 12.5. The van der Waals surface area contributed by atoms with E-state index in [4.69, 9.17) is 0 Å². The topological polar surface area (TPSA) is 65.5 Å². The van der Waals surface area contributed by atoms with E-state index in [0.717, 1.165) is 18.9 Å². The van der Waals surface area contributed by atoms with E-state index in [0.29, 0.717) is 23.0 Å². The zero-order chi connectivity index (χ0) is 16.2. The minimum atomic E-state index is -0.130. The van der Waals surface area contributed by atoms with Gasteiger partial charge in [0.05, 0.1) is 9.88 Å². The predicted octanol–water partition coefficient (Wildman–Crippen LogP) is 2.06. The molecule has 0 radical (unpaired) electrons. The molecule has 7 heteroatoms. The molecule has 6 nitrogen and oxygen atoms in total. The van der Waals surface area contributed by atoms with E-state index < -0.39 is 0 Å². The van der Waals surface area contributed by atoms with Gasteiger partial charge in [-0.25, -0.2) is 4.98 Å². The molecule has 2 aromatic rings. The van der Waals surface area contributed by atoms with E-state index in [1.807, 2.05) is 23.1 Å². The Morgan fingerprint density at radius 2 is 1.91 bits per heavy atom. The first-order valence-electron chi connectivity index (χ1n) is 7.46. The second-order valence-corrected chi connectivity index (χ2v) is 6.40. The van der Waals surface area contributed by atoms with Crippen LogP contribution in [0, 0.1) is 0 Å². The highest BCUT2D eigenvalue weighted by molar-refractivity contribution is 7.18. The summed E-state index contributed by atoms with van der Waals surface area (Å²) in [6, 6.07) is 9.38. The van der Waals surface area contributed by atoms with Gasteiger partial charge in [-0.2, -0.15) is 0 Å². The normalized spacial score (nSPS) is 14.7. The van der Waals surface area contributed by atoms with Gasteiger partial charge in [0.2, 0.25) is 5.91 Å². The number of nitrogens with zero attached hydrogens (tertiary/aromatic N) is 3. The van der Waals surface area contributed by atoms with Crippen molar-refractivity contribution in [3.05, 3.63) is 41.4 Å². The number of nitrogens with one attached hydrogen (secondary N) is 1. The molecule has 1 N–H and O–H groups in total. The summed E-state index contributed by atoms with van der Waals surface area (Å²) < 4.78 is 0. The molecule has 1 aliphatic heterocycles. The summed E-state index contributed by atoms with van der Waals surface area (Å²) in [7, 11) is 0. The lowest BCUT2D eigenvalue weighted by Crippen LogP contribution is -2.48. The molecule has 0 spiro atoms. The van der Waals surface area contributed by atoms with Crippen LogP contribution < -0.4 is 10.2 Å². The number of hydrogen-bond acceptors (Lipinski definition) is 5. The molecule has 0 aromatic carbocycles. The van der Waals surface area contributed by atoms with Crippen LogP contribution in [0.2, 0.25) is 0 Å². The van der Waals surface area contributed by atoms with Gasteiger partial charge in [0.1, 0.15) is 5.82 Å². The van der Waals surface area contributed by atoms with Gasteiger partial charge in [-0.05, 0) is 24.3 Å². The van der Waals surface area contributed by atoms with Crippen molar-refractivity contribution in [3.8, 4) is 0 Å². The molecule has 1 saturated heterocycles. The SMILES string of the molecule is CC(=O)Nc1ccc(C(=O)N2CCN(c3ccccn3)CC2)s1. The van der Waals surface area contributed by atoms with Crippen LogP contribution in [0.5, 0.6) is 0 Å². The van der Waals surface area contributed by atoms with Gasteiger partial charge in [0.25, 0.3) is 5.91 Å². The van der Waals surface area contributed by atoms with Crippen molar-refractivity contribution in [2.75, 3.05) is 36.4 Å². The van der Waals surface area contributed by atoms with Crippen LogP contribution in [0.15, 0.2) is 36.5 Å². The van der Waals surface area contributed by atoms with Crippen LogP contribution in [-0.4, -0.2) is 47.9 Å². The summed E-state index contributed by atoms with van der Waals surface area (Å²) in [5.41, 5.74) is 0. The molecular formula is C16H18N4O2S. The Hall–Kier alpha value is -2.41. The number of carbonyl (C=O) groups excluding carboxylic acids is 2. The monoisotopic (exact) mass is 330 g/mol. The third kappa shape index (κ3) is 3.68. The average Bonchev–Trinajstić information content (AvgIpc) is 3.03. The molecule has 1 aliphatic rings. The molecule has 0 saturated carbocycles. The van der Waals surface area contributed by atoms with E-state index in [1.165, 1.54) is 18.3 Å². The molecule has 0 atom stereocenters. The molecule has 3 heterocycles. The van der Waals surface area contributed by atoms with Crippen molar-refractivity contribution in [2.45, 2.75) is 6.92 Å². The molecule has 0 unspecified atom stereocenters. The third-order valence-electron chi connectivity index (χ3n) is 3.66. The van der Waals surface area contributed by atoms with Gasteiger partial charge in [-0.1, -0.05) is 6.07 Å². The lowest BCUT2D eigenvalue weighted by atomic mass is 10.3. The second-order valence-electron chi connectivity index (χ2n) is 5.31. The summed E-state index contributed by atoms with van der Waals surface area (Å²) in [4.78, 5) is 32.6. The maximum absolute atomic E-state index is 12.5. The molecule has 2 aromatic heterocycles. The molecule has 0 bridgehead atoms. The summed E-state index contributed by atoms with van der Waals surface area (Å²) in [5, 5.41) is 3.41. The number of amides is 2. The van der Waals surface area contributed by atoms with Crippen molar-refractivity contribution < 1.29 is 9.59 Å². The lowest BCUT2D eigenvalue weighted by Gasteiger charge is -2.35. The maximum Gasteiger partial charge on any atom is 0.264 e. The molecular weight excluding hydrogens is 312 g/mol. The molecule has 1 fully saturated rings. The minimum absolute atomic E-state index is 0.0206. The van der Waals surface area contributed by atoms with Crippen molar-refractivity contribution in [3.63, 3.8) is 0 Å². The van der Waals surface area contributed by atoms with Gasteiger partial charge in [-0.3, -0.25) is 9.59 Å². The van der Waals surface area contributed by atoms with Crippen LogP contribution in [0.3, 0.4) is 0 Å². The lowest BCUT2D eigenvalue weighted by molar-refractivity contribution is -0.114. The molecule has 0 aliphatic carbocycles. The van der Waals surface area contributed by atoms with E-state index in [1.54, 1.807) is 18.3 Å². The predicted molar refractivity (Wildman–Crippen MR) is 91.0 cm³/mol. The smallest absolute Gasteiger partial charge is 0.264 e. The van der Waals surface area contributed by atoms with Gasteiger partial charge >= 0.3 is 0 Å². The van der Waals surface area contributed by atoms with Crippen LogP contribution >= 0.6 is 11.3 Å². The van der Waals surface area contributed by atoms with Crippen molar-refractivity contribution in [1.29, 1.82) is 0 Å². The minimum Gasteiger partial charge on any atom is -0.353 e. The van der Waals surface area contributed by atoms with Crippen molar-refractivity contribution in [1.82, 2.24) is 9.88 Å². The molecule has 3 rings (SSSR count). The first kappa shape index (κ1) is 15.5. The Kier molecular flexibility index (Phi) is 4.57. The molecule has 23 heavy (non-hydrogen) atoms. The number of aromatic nitrogens is 1. The van der Waals surface area contributed by atoms with E-state index in [-0.39, 0.29) is 11.8 Å². The summed E-state index contributed by atoms with van der Waals surface area (Å²) >= 11 is 1.31. The number of anilines is 2. The number of rotatable bonds is 3. The van der Waals surface area contributed by atoms with Gasteiger partial charge < -0.3 is 15.1 Å².